The van der Waals surface area contributed by atoms with Gasteiger partial charge in [-0.15, -0.1) is 0 Å². The first-order chi connectivity index (χ1) is 9.04. The van der Waals surface area contributed by atoms with Crippen molar-refractivity contribution >= 4 is 17.9 Å². The normalized spacial score (nSPS) is 16.2. The van der Waals surface area contributed by atoms with Crippen molar-refractivity contribution in [1.82, 2.24) is 15.1 Å². The third-order valence-corrected chi connectivity index (χ3v) is 3.05. The summed E-state index contributed by atoms with van der Waals surface area (Å²) in [5.41, 5.74) is 0. The molecule has 0 aliphatic carbocycles. The number of amides is 3. The van der Waals surface area contributed by atoms with Gasteiger partial charge in [-0.2, -0.15) is 0 Å². The number of nitrogens with one attached hydrogen (secondary N) is 1. The topological polar surface area (TPSA) is 89.9 Å². The van der Waals surface area contributed by atoms with Gasteiger partial charge in [-0.05, 0) is 19.8 Å². The summed E-state index contributed by atoms with van der Waals surface area (Å²) in [7, 11) is 0. The van der Waals surface area contributed by atoms with Crippen LogP contribution in [0.2, 0.25) is 0 Å². The molecule has 1 fully saturated rings. The van der Waals surface area contributed by atoms with Crippen LogP contribution in [0.5, 0.6) is 0 Å². The van der Waals surface area contributed by atoms with Crippen LogP contribution in [-0.4, -0.2) is 65.5 Å². The third kappa shape index (κ3) is 5.15. The van der Waals surface area contributed by atoms with Gasteiger partial charge in [0.05, 0.1) is 0 Å². The van der Waals surface area contributed by atoms with Crippen LogP contribution in [0.25, 0.3) is 0 Å². The molecule has 0 aromatic heterocycles. The lowest BCUT2D eigenvalue weighted by molar-refractivity contribution is -0.137. The average Bonchev–Trinajstić information content (AvgIpc) is 2.55. The zero-order valence-electron chi connectivity index (χ0n) is 11.2. The van der Waals surface area contributed by atoms with Crippen LogP contribution in [0.15, 0.2) is 0 Å². The Morgan fingerprint density at radius 3 is 2.74 bits per heavy atom. The lowest BCUT2D eigenvalue weighted by Crippen LogP contribution is -2.44. The molecule has 2 N–H and O–H groups in total. The van der Waals surface area contributed by atoms with Crippen LogP contribution in [0, 0.1) is 0 Å². The Morgan fingerprint density at radius 1 is 1.37 bits per heavy atom. The van der Waals surface area contributed by atoms with Gasteiger partial charge in [0.15, 0.2) is 0 Å². The predicted octanol–water partition coefficient (Wildman–Crippen LogP) is 0.115. The lowest BCUT2D eigenvalue weighted by Gasteiger charge is -2.21. The Bertz CT molecular complexity index is 346. The number of rotatable bonds is 5. The highest BCUT2D eigenvalue weighted by Gasteiger charge is 2.23. The highest BCUT2D eigenvalue weighted by molar-refractivity contribution is 5.84. The van der Waals surface area contributed by atoms with Gasteiger partial charge in [-0.3, -0.25) is 9.59 Å². The summed E-state index contributed by atoms with van der Waals surface area (Å²) in [5, 5.41) is 11.1. The fourth-order valence-electron chi connectivity index (χ4n) is 1.97. The van der Waals surface area contributed by atoms with E-state index in [-0.39, 0.29) is 24.9 Å². The van der Waals surface area contributed by atoms with E-state index in [0.29, 0.717) is 32.6 Å². The summed E-state index contributed by atoms with van der Waals surface area (Å²) in [6, 6.07) is -0.295. The second-order valence-electron chi connectivity index (χ2n) is 4.48. The molecule has 19 heavy (non-hydrogen) atoms. The Kier molecular flexibility index (Phi) is 6.11. The lowest BCUT2D eigenvalue weighted by atomic mass is 10.3. The molecule has 0 atom stereocenters. The van der Waals surface area contributed by atoms with Crippen LogP contribution < -0.4 is 5.32 Å². The number of hydrogen-bond donors (Lipinski definition) is 2. The van der Waals surface area contributed by atoms with Crippen molar-refractivity contribution in [2.45, 2.75) is 26.2 Å². The Balaban J connectivity index is 2.35. The largest absolute Gasteiger partial charge is 0.481 e. The number of carbonyl (C=O) groups is 3. The Morgan fingerprint density at radius 2 is 2.11 bits per heavy atom. The molecule has 0 bridgehead atoms. The van der Waals surface area contributed by atoms with Gasteiger partial charge < -0.3 is 20.2 Å². The zero-order chi connectivity index (χ0) is 14.3. The fraction of sp³-hybridized carbons (Fsp3) is 0.750. The third-order valence-electron chi connectivity index (χ3n) is 3.05. The summed E-state index contributed by atoms with van der Waals surface area (Å²) in [6.45, 7) is 4.21. The van der Waals surface area contributed by atoms with Gasteiger partial charge in [0.2, 0.25) is 5.91 Å². The van der Waals surface area contributed by atoms with E-state index in [2.05, 4.69) is 5.32 Å². The van der Waals surface area contributed by atoms with E-state index in [0.717, 1.165) is 6.42 Å². The maximum Gasteiger partial charge on any atom is 0.317 e. The van der Waals surface area contributed by atoms with E-state index < -0.39 is 5.97 Å². The van der Waals surface area contributed by atoms with Crippen molar-refractivity contribution in [3.63, 3.8) is 0 Å². The van der Waals surface area contributed by atoms with Crippen molar-refractivity contribution in [2.24, 2.45) is 0 Å². The zero-order valence-corrected chi connectivity index (χ0v) is 11.2. The van der Waals surface area contributed by atoms with E-state index >= 15 is 0 Å². The quantitative estimate of drug-likeness (QED) is 0.695. The molecule has 0 unspecified atom stereocenters. The van der Waals surface area contributed by atoms with Gasteiger partial charge in [0.25, 0.3) is 0 Å². The molecule has 1 aliphatic heterocycles. The smallest absolute Gasteiger partial charge is 0.317 e. The van der Waals surface area contributed by atoms with E-state index in [1.807, 2.05) is 6.92 Å². The first-order valence-corrected chi connectivity index (χ1v) is 6.57. The number of carboxylic acids is 1. The van der Waals surface area contributed by atoms with E-state index in [4.69, 9.17) is 5.11 Å². The number of aliphatic carboxylic acids is 1. The highest BCUT2D eigenvalue weighted by atomic mass is 16.4. The van der Waals surface area contributed by atoms with Crippen molar-refractivity contribution in [3.05, 3.63) is 0 Å². The first-order valence-electron chi connectivity index (χ1n) is 6.57. The van der Waals surface area contributed by atoms with Gasteiger partial charge in [0.1, 0.15) is 6.54 Å². The van der Waals surface area contributed by atoms with E-state index in [9.17, 15) is 14.4 Å². The van der Waals surface area contributed by atoms with Crippen LogP contribution in [0.1, 0.15) is 26.2 Å². The van der Waals surface area contributed by atoms with Gasteiger partial charge in [0, 0.05) is 32.6 Å². The fourth-order valence-corrected chi connectivity index (χ4v) is 1.97. The molecule has 108 valence electrons. The van der Waals surface area contributed by atoms with Crippen molar-refractivity contribution in [3.8, 4) is 0 Å². The van der Waals surface area contributed by atoms with Crippen LogP contribution >= 0.6 is 0 Å². The molecule has 0 aromatic carbocycles. The average molecular weight is 271 g/mol. The van der Waals surface area contributed by atoms with Crippen molar-refractivity contribution in [2.75, 3.05) is 32.7 Å². The summed E-state index contributed by atoms with van der Waals surface area (Å²) < 4.78 is 0. The summed E-state index contributed by atoms with van der Waals surface area (Å²) in [5.74, 6) is -0.918. The van der Waals surface area contributed by atoms with Gasteiger partial charge in [-0.1, -0.05) is 0 Å². The molecule has 0 spiro atoms. The number of nitrogens with zero attached hydrogens (tertiary/aromatic N) is 2. The van der Waals surface area contributed by atoms with Crippen LogP contribution in [-0.2, 0) is 9.59 Å². The maximum absolute atomic E-state index is 11.8. The van der Waals surface area contributed by atoms with E-state index in [1.54, 1.807) is 4.90 Å². The molecular formula is C12H21N3O4. The number of urea groups is 1. The number of carbonyl (C=O) groups excluding carboxylic acids is 2. The van der Waals surface area contributed by atoms with Gasteiger partial charge >= 0.3 is 12.0 Å². The Labute approximate surface area is 112 Å². The molecule has 0 radical (unpaired) electrons. The number of carboxylic acid groups (broad SMARTS) is 1. The number of hydrogen-bond acceptors (Lipinski definition) is 3. The Hall–Kier alpha value is -1.79. The van der Waals surface area contributed by atoms with Crippen LogP contribution in [0.4, 0.5) is 4.79 Å². The molecule has 1 rings (SSSR count). The summed E-state index contributed by atoms with van der Waals surface area (Å²) in [4.78, 5) is 37.2. The second kappa shape index (κ2) is 7.60. The molecule has 7 heteroatoms. The molecule has 7 nitrogen and oxygen atoms in total. The SMILES string of the molecule is CCN1CCCN(C(=O)NCCCC(=O)O)CC1=O. The van der Waals surface area contributed by atoms with Crippen molar-refractivity contribution < 1.29 is 19.5 Å². The molecule has 3 amide bonds. The minimum Gasteiger partial charge on any atom is -0.481 e. The standard InChI is InChI=1S/C12H21N3O4/c1-2-14-7-4-8-15(9-10(14)16)12(19)13-6-3-5-11(17)18/h2-9H2,1H3,(H,13,19)(H,17,18). The molecule has 0 aromatic rings. The van der Waals surface area contributed by atoms with E-state index in [1.165, 1.54) is 4.90 Å². The molecule has 1 saturated heterocycles. The molecule has 1 heterocycles. The molecule has 0 saturated carbocycles. The highest BCUT2D eigenvalue weighted by Crippen LogP contribution is 2.04. The monoisotopic (exact) mass is 271 g/mol. The summed E-state index contributed by atoms with van der Waals surface area (Å²) in [6.07, 6.45) is 1.19. The first kappa shape index (κ1) is 15.3. The minimum atomic E-state index is -0.877. The molecular weight excluding hydrogens is 250 g/mol. The molecule has 1 aliphatic rings. The van der Waals surface area contributed by atoms with Gasteiger partial charge in [-0.25, -0.2) is 4.79 Å². The second-order valence-corrected chi connectivity index (χ2v) is 4.48. The maximum atomic E-state index is 11.8. The predicted molar refractivity (Wildman–Crippen MR) is 68.7 cm³/mol. The van der Waals surface area contributed by atoms with Crippen molar-refractivity contribution in [1.29, 1.82) is 0 Å². The van der Waals surface area contributed by atoms with Crippen LogP contribution in [0.3, 0.4) is 0 Å². The minimum absolute atomic E-state index is 0.0306. The summed E-state index contributed by atoms with van der Waals surface area (Å²) >= 11 is 0. The number of likely N-dealkylation sites (N-methyl/N-ethyl adjacent to an activating group) is 1.